The van der Waals surface area contributed by atoms with Crippen molar-refractivity contribution in [2.45, 2.75) is 13.1 Å². The zero-order valence-corrected chi connectivity index (χ0v) is 12.4. The second-order valence-electron chi connectivity index (χ2n) is 5.07. The third kappa shape index (κ3) is 4.83. The molecule has 2 aromatic carbocycles. The number of hydrogen-bond acceptors (Lipinski definition) is 3. The van der Waals surface area contributed by atoms with Crippen molar-refractivity contribution in [3.63, 3.8) is 0 Å². The van der Waals surface area contributed by atoms with E-state index in [2.05, 4.69) is 0 Å². The van der Waals surface area contributed by atoms with E-state index in [1.165, 1.54) is 6.07 Å². The van der Waals surface area contributed by atoms with Crippen LogP contribution in [0.1, 0.15) is 11.1 Å². The molecule has 0 aliphatic carbocycles. The Kier molecular flexibility index (Phi) is 5.36. The van der Waals surface area contributed by atoms with E-state index in [0.717, 1.165) is 11.6 Å². The van der Waals surface area contributed by atoms with Crippen molar-refractivity contribution in [1.82, 2.24) is 4.90 Å². The van der Waals surface area contributed by atoms with Crippen LogP contribution in [-0.4, -0.2) is 29.1 Å². The molecule has 6 heteroatoms. The molecule has 0 aliphatic heterocycles. The summed E-state index contributed by atoms with van der Waals surface area (Å²) in [7, 11) is 0.235. The standard InChI is InChI=1S/C15H16BClFNO2/c1-19(9-11-3-2-4-14(17)6-11)10-12-5-13(16(20)21)8-15(18)7-12/h2-8,20-21H,9-10H2,1H3. The fourth-order valence-electron chi connectivity index (χ4n) is 2.23. The Labute approximate surface area is 128 Å². The first-order valence-corrected chi connectivity index (χ1v) is 6.90. The molecule has 0 fully saturated rings. The summed E-state index contributed by atoms with van der Waals surface area (Å²) < 4.78 is 13.5. The Hall–Kier alpha value is -1.40. The average Bonchev–Trinajstić information content (AvgIpc) is 2.37. The molecular formula is C15H16BClFNO2. The molecule has 110 valence electrons. The highest BCUT2D eigenvalue weighted by molar-refractivity contribution is 6.58. The summed E-state index contributed by atoms with van der Waals surface area (Å²) in [5.74, 6) is -0.480. The first kappa shape index (κ1) is 16.0. The lowest BCUT2D eigenvalue weighted by molar-refractivity contribution is 0.318. The Morgan fingerprint density at radius 3 is 2.48 bits per heavy atom. The number of nitrogens with zero attached hydrogens (tertiary/aromatic N) is 1. The minimum atomic E-state index is -1.67. The summed E-state index contributed by atoms with van der Waals surface area (Å²) in [6.45, 7) is 1.15. The van der Waals surface area contributed by atoms with Gasteiger partial charge in [0.1, 0.15) is 5.82 Å². The molecular weight excluding hydrogens is 291 g/mol. The largest absolute Gasteiger partial charge is 0.488 e. The van der Waals surface area contributed by atoms with Gasteiger partial charge < -0.3 is 10.0 Å². The van der Waals surface area contributed by atoms with Gasteiger partial charge in [-0.15, -0.1) is 0 Å². The van der Waals surface area contributed by atoms with Crippen LogP contribution in [0.4, 0.5) is 4.39 Å². The molecule has 0 saturated carbocycles. The summed E-state index contributed by atoms with van der Waals surface area (Å²) in [5, 5.41) is 18.9. The summed E-state index contributed by atoms with van der Waals surface area (Å²) >= 11 is 5.94. The normalized spacial score (nSPS) is 11.0. The van der Waals surface area contributed by atoms with Crippen LogP contribution in [0.3, 0.4) is 0 Å². The number of rotatable bonds is 5. The van der Waals surface area contributed by atoms with Gasteiger partial charge in [0.25, 0.3) is 0 Å². The van der Waals surface area contributed by atoms with Gasteiger partial charge in [-0.2, -0.15) is 0 Å². The predicted octanol–water partition coefficient (Wildman–Crippen LogP) is 1.79. The predicted molar refractivity (Wildman–Crippen MR) is 82.8 cm³/mol. The van der Waals surface area contributed by atoms with Gasteiger partial charge in [0.05, 0.1) is 0 Å². The van der Waals surface area contributed by atoms with Gasteiger partial charge >= 0.3 is 7.12 Å². The van der Waals surface area contributed by atoms with E-state index in [4.69, 9.17) is 21.6 Å². The maximum Gasteiger partial charge on any atom is 0.488 e. The lowest BCUT2D eigenvalue weighted by Gasteiger charge is -2.17. The van der Waals surface area contributed by atoms with Gasteiger partial charge in [0.15, 0.2) is 0 Å². The van der Waals surface area contributed by atoms with Crippen molar-refractivity contribution in [3.8, 4) is 0 Å². The number of halogens is 2. The fourth-order valence-corrected chi connectivity index (χ4v) is 2.44. The molecule has 2 rings (SSSR count). The molecule has 0 radical (unpaired) electrons. The van der Waals surface area contributed by atoms with Crippen molar-refractivity contribution >= 4 is 24.2 Å². The zero-order valence-electron chi connectivity index (χ0n) is 11.6. The Morgan fingerprint density at radius 1 is 1.10 bits per heavy atom. The molecule has 21 heavy (non-hydrogen) atoms. The van der Waals surface area contributed by atoms with Crippen LogP contribution in [0.2, 0.25) is 5.02 Å². The zero-order chi connectivity index (χ0) is 15.4. The Bertz CT molecular complexity index is 624. The quantitative estimate of drug-likeness (QED) is 0.828. The van der Waals surface area contributed by atoms with E-state index < -0.39 is 12.9 Å². The SMILES string of the molecule is CN(Cc1cccc(Cl)c1)Cc1cc(F)cc(B(O)O)c1. The number of benzene rings is 2. The molecule has 0 amide bonds. The first-order chi connectivity index (χ1) is 9.94. The van der Waals surface area contributed by atoms with Gasteiger partial charge in [-0.1, -0.05) is 29.8 Å². The summed E-state index contributed by atoms with van der Waals surface area (Å²) in [5.41, 5.74) is 1.90. The molecule has 0 unspecified atom stereocenters. The Balaban J connectivity index is 2.07. The lowest BCUT2D eigenvalue weighted by Crippen LogP contribution is -2.31. The highest BCUT2D eigenvalue weighted by Crippen LogP contribution is 2.13. The van der Waals surface area contributed by atoms with Crippen LogP contribution in [0, 0.1) is 5.82 Å². The molecule has 0 aromatic heterocycles. The molecule has 3 nitrogen and oxygen atoms in total. The van der Waals surface area contributed by atoms with Crippen molar-refractivity contribution < 1.29 is 14.4 Å². The minimum absolute atomic E-state index is 0.154. The van der Waals surface area contributed by atoms with Crippen LogP contribution < -0.4 is 5.46 Å². The Morgan fingerprint density at radius 2 is 1.81 bits per heavy atom. The van der Waals surface area contributed by atoms with Crippen LogP contribution in [-0.2, 0) is 13.1 Å². The van der Waals surface area contributed by atoms with Crippen LogP contribution in [0.15, 0.2) is 42.5 Å². The molecule has 0 heterocycles. The lowest BCUT2D eigenvalue weighted by atomic mass is 9.79. The molecule has 0 atom stereocenters. The van der Waals surface area contributed by atoms with Crippen molar-refractivity contribution in [2.75, 3.05) is 7.05 Å². The second kappa shape index (κ2) is 7.05. The van der Waals surface area contributed by atoms with Crippen molar-refractivity contribution in [3.05, 3.63) is 64.4 Å². The first-order valence-electron chi connectivity index (χ1n) is 6.52. The average molecular weight is 308 g/mol. The molecule has 0 saturated heterocycles. The summed E-state index contributed by atoms with van der Waals surface area (Å²) in [6.07, 6.45) is 0. The van der Waals surface area contributed by atoms with Crippen LogP contribution in [0.25, 0.3) is 0 Å². The fraction of sp³-hybridized carbons (Fsp3) is 0.200. The van der Waals surface area contributed by atoms with E-state index in [9.17, 15) is 4.39 Å². The highest BCUT2D eigenvalue weighted by atomic mass is 35.5. The molecule has 2 aromatic rings. The molecule has 0 bridgehead atoms. The van der Waals surface area contributed by atoms with Gasteiger partial charge in [-0.05, 0) is 47.9 Å². The van der Waals surface area contributed by atoms with E-state index >= 15 is 0 Å². The molecule has 2 N–H and O–H groups in total. The van der Waals surface area contributed by atoms with Crippen LogP contribution >= 0.6 is 11.6 Å². The third-order valence-corrected chi connectivity index (χ3v) is 3.31. The minimum Gasteiger partial charge on any atom is -0.423 e. The number of hydrogen-bond donors (Lipinski definition) is 2. The third-order valence-electron chi connectivity index (χ3n) is 3.07. The smallest absolute Gasteiger partial charge is 0.423 e. The monoisotopic (exact) mass is 307 g/mol. The highest BCUT2D eigenvalue weighted by Gasteiger charge is 2.14. The maximum atomic E-state index is 13.5. The topological polar surface area (TPSA) is 43.7 Å². The summed E-state index contributed by atoms with van der Waals surface area (Å²) in [6, 6.07) is 11.6. The second-order valence-corrected chi connectivity index (χ2v) is 5.51. The van der Waals surface area contributed by atoms with E-state index in [0.29, 0.717) is 23.7 Å². The summed E-state index contributed by atoms with van der Waals surface area (Å²) in [4.78, 5) is 1.99. The van der Waals surface area contributed by atoms with Gasteiger partial charge in [-0.25, -0.2) is 4.39 Å². The molecule has 0 spiro atoms. The van der Waals surface area contributed by atoms with Crippen molar-refractivity contribution in [2.24, 2.45) is 0 Å². The van der Waals surface area contributed by atoms with Crippen LogP contribution in [0.5, 0.6) is 0 Å². The van der Waals surface area contributed by atoms with E-state index in [1.54, 1.807) is 6.07 Å². The van der Waals surface area contributed by atoms with Gasteiger partial charge in [-0.3, -0.25) is 4.90 Å². The van der Waals surface area contributed by atoms with Gasteiger partial charge in [0.2, 0.25) is 0 Å². The van der Waals surface area contributed by atoms with Crippen molar-refractivity contribution in [1.29, 1.82) is 0 Å². The van der Waals surface area contributed by atoms with Gasteiger partial charge in [0, 0.05) is 18.1 Å². The maximum absolute atomic E-state index is 13.5. The molecule has 0 aliphatic rings. The van der Waals surface area contributed by atoms with E-state index in [1.807, 2.05) is 36.2 Å². The van der Waals surface area contributed by atoms with E-state index in [-0.39, 0.29) is 5.46 Å².